The van der Waals surface area contributed by atoms with E-state index in [1.54, 1.807) is 18.2 Å². The van der Waals surface area contributed by atoms with Gasteiger partial charge in [-0.05, 0) is 67.3 Å². The Morgan fingerprint density at radius 1 is 1.00 bits per heavy atom. The second kappa shape index (κ2) is 8.90. The standard InChI is InChI=1S/C25H24FN5O2/c26-21-5-1-2-6-22(21)31-23(27-28-25(31)33)17-18-11-15-30(16-12-18)24(32)19-7-9-20(10-8-19)29-13-3-4-14-29/h1-10,13-14,18H,11-12,15-17H2,(H,28,33). The second-order valence-corrected chi connectivity index (χ2v) is 8.31. The van der Waals surface area contributed by atoms with Crippen molar-refractivity contribution >= 4 is 5.91 Å². The van der Waals surface area contributed by atoms with Gasteiger partial charge in [-0.25, -0.2) is 18.9 Å². The first-order chi connectivity index (χ1) is 16.1. The molecule has 1 amide bonds. The maximum Gasteiger partial charge on any atom is 0.348 e. The van der Waals surface area contributed by atoms with Crippen LogP contribution in [0.5, 0.6) is 0 Å². The fourth-order valence-corrected chi connectivity index (χ4v) is 4.41. The molecule has 0 unspecified atom stereocenters. The van der Waals surface area contributed by atoms with E-state index in [0.29, 0.717) is 30.9 Å². The average Bonchev–Trinajstić information content (AvgIpc) is 3.50. The summed E-state index contributed by atoms with van der Waals surface area (Å²) >= 11 is 0. The Balaban J connectivity index is 1.23. The lowest BCUT2D eigenvalue weighted by Crippen LogP contribution is -2.39. The van der Waals surface area contributed by atoms with Gasteiger partial charge in [0.15, 0.2) is 0 Å². The van der Waals surface area contributed by atoms with Gasteiger partial charge in [-0.2, -0.15) is 5.10 Å². The molecule has 0 radical (unpaired) electrons. The molecule has 1 aliphatic heterocycles. The largest absolute Gasteiger partial charge is 0.348 e. The summed E-state index contributed by atoms with van der Waals surface area (Å²) in [6.07, 6.45) is 6.07. The molecule has 1 aliphatic rings. The molecule has 0 bridgehead atoms. The van der Waals surface area contributed by atoms with Gasteiger partial charge in [0.2, 0.25) is 0 Å². The highest BCUT2D eigenvalue weighted by Crippen LogP contribution is 2.23. The van der Waals surface area contributed by atoms with Crippen molar-refractivity contribution < 1.29 is 9.18 Å². The quantitative estimate of drug-likeness (QED) is 0.510. The van der Waals surface area contributed by atoms with Crippen LogP contribution in [0.15, 0.2) is 77.9 Å². The number of likely N-dealkylation sites (tertiary alicyclic amines) is 1. The summed E-state index contributed by atoms with van der Waals surface area (Å²) in [5, 5.41) is 6.57. The highest BCUT2D eigenvalue weighted by atomic mass is 19.1. The molecule has 1 fully saturated rings. The summed E-state index contributed by atoms with van der Waals surface area (Å²) in [5.74, 6) is 0.322. The molecular formula is C25H24FN5O2. The van der Waals surface area contributed by atoms with Crippen LogP contribution in [0.2, 0.25) is 0 Å². The number of nitrogens with one attached hydrogen (secondary N) is 1. The molecule has 2 aromatic carbocycles. The molecule has 0 aliphatic carbocycles. The van der Waals surface area contributed by atoms with E-state index in [4.69, 9.17) is 0 Å². The summed E-state index contributed by atoms with van der Waals surface area (Å²) in [6.45, 7) is 1.27. The number of hydrogen-bond acceptors (Lipinski definition) is 3. The molecule has 7 nitrogen and oxygen atoms in total. The maximum absolute atomic E-state index is 14.3. The van der Waals surface area contributed by atoms with Gasteiger partial charge in [0, 0.05) is 43.2 Å². The summed E-state index contributed by atoms with van der Waals surface area (Å²) in [4.78, 5) is 27.1. The van der Waals surface area contributed by atoms with Crippen LogP contribution in [0.1, 0.15) is 29.0 Å². The third-order valence-corrected chi connectivity index (χ3v) is 6.23. The number of rotatable bonds is 5. The van der Waals surface area contributed by atoms with Crippen LogP contribution in [0.4, 0.5) is 4.39 Å². The zero-order valence-corrected chi connectivity index (χ0v) is 18.0. The van der Waals surface area contributed by atoms with Crippen LogP contribution in [0, 0.1) is 11.7 Å². The van der Waals surface area contributed by atoms with E-state index in [-0.39, 0.29) is 17.5 Å². The van der Waals surface area contributed by atoms with Crippen molar-refractivity contribution in [2.75, 3.05) is 13.1 Å². The minimum atomic E-state index is -0.467. The Hall–Kier alpha value is -3.94. The third-order valence-electron chi connectivity index (χ3n) is 6.23. The van der Waals surface area contributed by atoms with Crippen molar-refractivity contribution in [3.05, 3.63) is 101 Å². The number of piperidine rings is 1. The Labute approximate surface area is 190 Å². The van der Waals surface area contributed by atoms with E-state index in [1.165, 1.54) is 10.6 Å². The molecule has 168 valence electrons. The molecule has 3 heterocycles. The Bertz CT molecular complexity index is 1300. The normalized spacial score (nSPS) is 14.5. The van der Waals surface area contributed by atoms with Crippen LogP contribution < -0.4 is 5.69 Å². The number of hydrogen-bond donors (Lipinski definition) is 1. The Morgan fingerprint density at radius 2 is 1.70 bits per heavy atom. The van der Waals surface area contributed by atoms with E-state index >= 15 is 0 Å². The smallest absolute Gasteiger partial charge is 0.339 e. The number of aromatic nitrogens is 4. The molecule has 0 saturated carbocycles. The lowest BCUT2D eigenvalue weighted by Gasteiger charge is -2.32. The van der Waals surface area contributed by atoms with Gasteiger partial charge in [-0.1, -0.05) is 12.1 Å². The highest BCUT2D eigenvalue weighted by Gasteiger charge is 2.26. The van der Waals surface area contributed by atoms with Gasteiger partial charge in [-0.15, -0.1) is 0 Å². The van der Waals surface area contributed by atoms with Gasteiger partial charge in [-0.3, -0.25) is 4.79 Å². The highest BCUT2D eigenvalue weighted by molar-refractivity contribution is 5.94. The number of carbonyl (C=O) groups excluding carboxylic acids is 1. The topological polar surface area (TPSA) is 75.9 Å². The number of aromatic amines is 1. The molecule has 1 N–H and O–H groups in total. The Morgan fingerprint density at radius 3 is 2.39 bits per heavy atom. The molecule has 1 saturated heterocycles. The predicted molar refractivity (Wildman–Crippen MR) is 122 cm³/mol. The van der Waals surface area contributed by atoms with Crippen molar-refractivity contribution in [1.82, 2.24) is 24.2 Å². The van der Waals surface area contributed by atoms with Crippen molar-refractivity contribution in [2.24, 2.45) is 5.92 Å². The molecular weight excluding hydrogens is 421 g/mol. The van der Waals surface area contributed by atoms with Crippen molar-refractivity contribution in [2.45, 2.75) is 19.3 Å². The Kier molecular flexibility index (Phi) is 5.64. The minimum absolute atomic E-state index is 0.0236. The van der Waals surface area contributed by atoms with Crippen molar-refractivity contribution in [3.8, 4) is 11.4 Å². The van der Waals surface area contributed by atoms with E-state index in [9.17, 15) is 14.0 Å². The van der Waals surface area contributed by atoms with Gasteiger partial charge in [0.1, 0.15) is 11.6 Å². The third kappa shape index (κ3) is 4.24. The first-order valence-electron chi connectivity index (χ1n) is 11.0. The van der Waals surface area contributed by atoms with Crippen LogP contribution in [0.25, 0.3) is 11.4 Å². The van der Waals surface area contributed by atoms with Crippen LogP contribution in [-0.2, 0) is 6.42 Å². The number of nitrogens with zero attached hydrogens (tertiary/aromatic N) is 4. The number of H-pyrrole nitrogens is 1. The van der Waals surface area contributed by atoms with E-state index < -0.39 is 11.5 Å². The average molecular weight is 445 g/mol. The van der Waals surface area contributed by atoms with Gasteiger partial charge < -0.3 is 9.47 Å². The maximum atomic E-state index is 14.3. The second-order valence-electron chi connectivity index (χ2n) is 8.31. The summed E-state index contributed by atoms with van der Waals surface area (Å²) in [6, 6.07) is 17.7. The zero-order valence-electron chi connectivity index (χ0n) is 18.0. The predicted octanol–water partition coefficient (Wildman–Crippen LogP) is 3.59. The van der Waals surface area contributed by atoms with Gasteiger partial charge in [0.05, 0.1) is 5.69 Å². The van der Waals surface area contributed by atoms with Crippen molar-refractivity contribution in [3.63, 3.8) is 0 Å². The summed E-state index contributed by atoms with van der Waals surface area (Å²) < 4.78 is 17.6. The molecule has 5 rings (SSSR count). The van der Waals surface area contributed by atoms with E-state index in [0.717, 1.165) is 18.5 Å². The van der Waals surface area contributed by atoms with Crippen LogP contribution >= 0.6 is 0 Å². The number of benzene rings is 2. The van der Waals surface area contributed by atoms with Gasteiger partial charge >= 0.3 is 5.69 Å². The SMILES string of the molecule is O=C(c1ccc(-n2cccc2)cc1)N1CCC(Cc2n[nH]c(=O)n2-c2ccccc2F)CC1. The summed E-state index contributed by atoms with van der Waals surface area (Å²) in [5.41, 5.74) is 1.42. The molecule has 8 heteroatoms. The van der Waals surface area contributed by atoms with Crippen LogP contribution in [0.3, 0.4) is 0 Å². The fourth-order valence-electron chi connectivity index (χ4n) is 4.41. The first-order valence-corrected chi connectivity index (χ1v) is 11.0. The lowest BCUT2D eigenvalue weighted by atomic mass is 9.92. The number of halogens is 1. The zero-order chi connectivity index (χ0) is 22.8. The van der Waals surface area contributed by atoms with Crippen LogP contribution in [-0.4, -0.2) is 43.2 Å². The van der Waals surface area contributed by atoms with Gasteiger partial charge in [0.25, 0.3) is 5.91 Å². The van der Waals surface area contributed by atoms with Crippen molar-refractivity contribution in [1.29, 1.82) is 0 Å². The first kappa shape index (κ1) is 20.9. The summed E-state index contributed by atoms with van der Waals surface area (Å²) in [7, 11) is 0. The molecule has 2 aromatic heterocycles. The molecule has 4 aromatic rings. The number of carbonyl (C=O) groups is 1. The fraction of sp³-hybridized carbons (Fsp3) is 0.240. The number of amides is 1. The van der Waals surface area contributed by atoms with E-state index in [1.807, 2.05) is 58.3 Å². The number of para-hydroxylation sites is 1. The lowest BCUT2D eigenvalue weighted by molar-refractivity contribution is 0.0689. The molecule has 0 atom stereocenters. The molecule has 33 heavy (non-hydrogen) atoms. The van der Waals surface area contributed by atoms with E-state index in [2.05, 4.69) is 10.2 Å². The minimum Gasteiger partial charge on any atom is -0.339 e. The molecule has 0 spiro atoms. The monoisotopic (exact) mass is 445 g/mol.